The van der Waals surface area contributed by atoms with Crippen LogP contribution >= 0.6 is 11.6 Å². The molecule has 2 rings (SSSR count). The van der Waals surface area contributed by atoms with Gasteiger partial charge in [-0.25, -0.2) is 4.39 Å². The fraction of sp³-hybridized carbons (Fsp3) is 0.182. The third kappa shape index (κ3) is 1.93. The first kappa shape index (κ1) is 11.7. The maximum absolute atomic E-state index is 13.9. The van der Waals surface area contributed by atoms with Gasteiger partial charge in [0, 0.05) is 24.2 Å². The summed E-state index contributed by atoms with van der Waals surface area (Å²) in [5, 5.41) is 3.95. The van der Waals surface area contributed by atoms with Crippen LogP contribution in [0.2, 0.25) is 5.02 Å². The molecule has 6 heteroatoms. The SMILES string of the molecule is COc1cc(Cl)c(F)c(-c2cnn(C)c2N)c1. The Morgan fingerprint density at radius 2 is 2.12 bits per heavy atom. The highest BCUT2D eigenvalue weighted by molar-refractivity contribution is 6.31. The lowest BCUT2D eigenvalue weighted by atomic mass is 10.1. The smallest absolute Gasteiger partial charge is 0.150 e. The predicted molar refractivity (Wildman–Crippen MR) is 64.6 cm³/mol. The number of rotatable bonds is 2. The van der Waals surface area contributed by atoms with Crippen molar-refractivity contribution in [1.82, 2.24) is 9.78 Å². The number of methoxy groups -OCH3 is 1. The van der Waals surface area contributed by atoms with Crippen LogP contribution in [0.3, 0.4) is 0 Å². The number of nitrogens with zero attached hydrogens (tertiary/aromatic N) is 2. The molecule has 0 aliphatic rings. The van der Waals surface area contributed by atoms with Gasteiger partial charge in [-0.1, -0.05) is 11.6 Å². The average Bonchev–Trinajstić information content (AvgIpc) is 2.64. The van der Waals surface area contributed by atoms with Crippen LogP contribution in [-0.4, -0.2) is 16.9 Å². The van der Waals surface area contributed by atoms with Crippen LogP contribution < -0.4 is 10.5 Å². The molecule has 0 fully saturated rings. The minimum atomic E-state index is -0.535. The van der Waals surface area contributed by atoms with E-state index in [1.165, 1.54) is 30.1 Å². The van der Waals surface area contributed by atoms with Crippen LogP contribution in [0.15, 0.2) is 18.3 Å². The number of aromatic nitrogens is 2. The third-order valence-corrected chi connectivity index (χ3v) is 2.79. The topological polar surface area (TPSA) is 53.1 Å². The first-order valence-electron chi connectivity index (χ1n) is 4.85. The lowest BCUT2D eigenvalue weighted by molar-refractivity contribution is 0.414. The fourth-order valence-corrected chi connectivity index (χ4v) is 1.74. The lowest BCUT2D eigenvalue weighted by Crippen LogP contribution is -1.99. The van der Waals surface area contributed by atoms with Crippen LogP contribution in [-0.2, 0) is 7.05 Å². The molecule has 0 radical (unpaired) electrons. The largest absolute Gasteiger partial charge is 0.497 e. The summed E-state index contributed by atoms with van der Waals surface area (Å²) in [7, 11) is 3.17. The number of nitrogen functional groups attached to an aromatic ring is 1. The Hall–Kier alpha value is -1.75. The lowest BCUT2D eigenvalue weighted by Gasteiger charge is -2.07. The Labute approximate surface area is 103 Å². The quantitative estimate of drug-likeness (QED) is 0.897. The van der Waals surface area contributed by atoms with Crippen molar-refractivity contribution < 1.29 is 9.13 Å². The second kappa shape index (κ2) is 4.25. The molecule has 0 atom stereocenters. The highest BCUT2D eigenvalue weighted by atomic mass is 35.5. The van der Waals surface area contributed by atoms with Crippen LogP contribution in [0.4, 0.5) is 10.2 Å². The Balaban J connectivity index is 2.66. The first-order chi connectivity index (χ1) is 8.04. The van der Waals surface area contributed by atoms with E-state index in [0.717, 1.165) is 0 Å². The summed E-state index contributed by atoms with van der Waals surface area (Å²) in [6, 6.07) is 2.95. The van der Waals surface area contributed by atoms with Crippen molar-refractivity contribution in [3.05, 3.63) is 29.2 Å². The van der Waals surface area contributed by atoms with Crippen molar-refractivity contribution in [2.45, 2.75) is 0 Å². The molecule has 0 unspecified atom stereocenters. The van der Waals surface area contributed by atoms with E-state index in [9.17, 15) is 4.39 Å². The van der Waals surface area contributed by atoms with E-state index in [2.05, 4.69) is 5.10 Å². The van der Waals surface area contributed by atoms with Gasteiger partial charge in [-0.15, -0.1) is 0 Å². The number of aryl methyl sites for hydroxylation is 1. The Kier molecular flexibility index (Phi) is 2.93. The molecule has 2 aromatic rings. The molecule has 17 heavy (non-hydrogen) atoms. The number of benzene rings is 1. The van der Waals surface area contributed by atoms with Gasteiger partial charge >= 0.3 is 0 Å². The molecule has 0 aliphatic carbocycles. The monoisotopic (exact) mass is 255 g/mol. The number of anilines is 1. The van der Waals surface area contributed by atoms with E-state index < -0.39 is 5.82 Å². The van der Waals surface area contributed by atoms with Crippen molar-refractivity contribution in [2.24, 2.45) is 7.05 Å². The van der Waals surface area contributed by atoms with Gasteiger partial charge < -0.3 is 10.5 Å². The summed E-state index contributed by atoms with van der Waals surface area (Å²) in [4.78, 5) is 0. The van der Waals surface area contributed by atoms with E-state index in [1.807, 2.05) is 0 Å². The molecule has 0 saturated heterocycles. The maximum Gasteiger partial charge on any atom is 0.150 e. The van der Waals surface area contributed by atoms with Crippen molar-refractivity contribution >= 4 is 17.4 Å². The summed E-state index contributed by atoms with van der Waals surface area (Å²) < 4.78 is 20.4. The van der Waals surface area contributed by atoms with Gasteiger partial charge in [-0.3, -0.25) is 4.68 Å². The van der Waals surface area contributed by atoms with E-state index in [1.54, 1.807) is 7.05 Å². The van der Waals surface area contributed by atoms with Gasteiger partial charge in [-0.05, 0) is 6.07 Å². The Morgan fingerprint density at radius 3 is 2.65 bits per heavy atom. The van der Waals surface area contributed by atoms with Crippen LogP contribution in [0.25, 0.3) is 11.1 Å². The number of hydrogen-bond acceptors (Lipinski definition) is 3. The molecule has 2 N–H and O–H groups in total. The zero-order valence-corrected chi connectivity index (χ0v) is 10.1. The molecule has 90 valence electrons. The zero-order chi connectivity index (χ0) is 12.6. The molecule has 0 aliphatic heterocycles. The van der Waals surface area contributed by atoms with Gasteiger partial charge in [0.2, 0.25) is 0 Å². The average molecular weight is 256 g/mol. The third-order valence-electron chi connectivity index (χ3n) is 2.51. The minimum absolute atomic E-state index is 0.0115. The normalized spacial score (nSPS) is 10.6. The molecule has 4 nitrogen and oxygen atoms in total. The van der Waals surface area contributed by atoms with Crippen LogP contribution in [0.1, 0.15) is 0 Å². The van der Waals surface area contributed by atoms with Crippen LogP contribution in [0.5, 0.6) is 5.75 Å². The number of nitrogens with two attached hydrogens (primary N) is 1. The molecule has 1 heterocycles. The van der Waals surface area contributed by atoms with E-state index in [-0.39, 0.29) is 10.6 Å². The maximum atomic E-state index is 13.9. The minimum Gasteiger partial charge on any atom is -0.497 e. The van der Waals surface area contributed by atoms with Gasteiger partial charge in [0.05, 0.1) is 18.3 Å². The van der Waals surface area contributed by atoms with Crippen molar-refractivity contribution in [1.29, 1.82) is 0 Å². The molecule has 0 saturated carbocycles. The Morgan fingerprint density at radius 1 is 1.41 bits per heavy atom. The van der Waals surface area contributed by atoms with Gasteiger partial charge in [0.15, 0.2) is 0 Å². The zero-order valence-electron chi connectivity index (χ0n) is 9.37. The standard InChI is InChI=1S/C11H11ClFN3O/c1-16-11(14)8(5-15-16)7-3-6(17-2)4-9(12)10(7)13/h3-5H,14H2,1-2H3. The Bertz CT molecular complexity index is 568. The van der Waals surface area contributed by atoms with E-state index >= 15 is 0 Å². The molecule has 1 aromatic carbocycles. The second-order valence-corrected chi connectivity index (χ2v) is 3.95. The highest BCUT2D eigenvalue weighted by Gasteiger charge is 2.16. The summed E-state index contributed by atoms with van der Waals surface area (Å²) in [5.74, 6) is 0.301. The molecular weight excluding hydrogens is 245 g/mol. The summed E-state index contributed by atoms with van der Waals surface area (Å²) in [6.45, 7) is 0. The molecular formula is C11H11ClFN3O. The summed E-state index contributed by atoms with van der Waals surface area (Å²) in [6.07, 6.45) is 1.49. The number of hydrogen-bond donors (Lipinski definition) is 1. The second-order valence-electron chi connectivity index (χ2n) is 3.54. The number of halogens is 2. The molecule has 0 amide bonds. The highest BCUT2D eigenvalue weighted by Crippen LogP contribution is 2.34. The molecule has 1 aromatic heterocycles. The van der Waals surface area contributed by atoms with Gasteiger partial charge in [0.25, 0.3) is 0 Å². The summed E-state index contributed by atoms with van der Waals surface area (Å²) >= 11 is 5.78. The van der Waals surface area contributed by atoms with Gasteiger partial charge in [0.1, 0.15) is 17.4 Å². The predicted octanol–water partition coefficient (Wildman–Crippen LogP) is 2.47. The van der Waals surface area contributed by atoms with E-state index in [0.29, 0.717) is 17.1 Å². The van der Waals surface area contributed by atoms with Gasteiger partial charge in [-0.2, -0.15) is 5.10 Å². The van der Waals surface area contributed by atoms with Crippen molar-refractivity contribution in [3.63, 3.8) is 0 Å². The fourth-order valence-electron chi connectivity index (χ4n) is 1.53. The first-order valence-corrected chi connectivity index (χ1v) is 5.23. The molecule has 0 bridgehead atoms. The molecule has 0 spiro atoms. The number of ether oxygens (including phenoxy) is 1. The summed E-state index contributed by atoms with van der Waals surface area (Å²) in [5.41, 5.74) is 6.56. The van der Waals surface area contributed by atoms with Crippen molar-refractivity contribution in [2.75, 3.05) is 12.8 Å². The van der Waals surface area contributed by atoms with E-state index in [4.69, 9.17) is 22.1 Å². The van der Waals surface area contributed by atoms with Crippen LogP contribution in [0, 0.1) is 5.82 Å². The van der Waals surface area contributed by atoms with Crippen molar-refractivity contribution in [3.8, 4) is 16.9 Å².